The van der Waals surface area contributed by atoms with Gasteiger partial charge in [0.25, 0.3) is 0 Å². The van der Waals surface area contributed by atoms with E-state index < -0.39 is 0 Å². The molecule has 11 heavy (non-hydrogen) atoms. The van der Waals surface area contributed by atoms with Gasteiger partial charge in [0.05, 0.1) is 0 Å². The van der Waals surface area contributed by atoms with Crippen LogP contribution in [-0.4, -0.2) is 23.1 Å². The van der Waals surface area contributed by atoms with Gasteiger partial charge in [-0.05, 0) is 0 Å². The van der Waals surface area contributed by atoms with Crippen molar-refractivity contribution in [2.24, 2.45) is 0 Å². The number of hydrogen-bond donors (Lipinski definition) is 0. The molecule has 0 heterocycles. The van der Waals surface area contributed by atoms with Crippen molar-refractivity contribution in [2.45, 2.75) is 53.4 Å². The summed E-state index contributed by atoms with van der Waals surface area (Å²) in [5.74, 6) is 0. The average molecular weight is 167 g/mol. The Balaban J connectivity index is -0.000000107. The SMILES string of the molecule is C[CH-]CCC.C[CH-]CCC.[Mg+2]. The van der Waals surface area contributed by atoms with E-state index in [-0.39, 0.29) is 23.1 Å². The summed E-state index contributed by atoms with van der Waals surface area (Å²) in [7, 11) is 0. The van der Waals surface area contributed by atoms with Crippen LogP contribution in [0.4, 0.5) is 0 Å². The second-order valence-corrected chi connectivity index (χ2v) is 2.39. The zero-order chi connectivity index (χ0) is 8.24. The van der Waals surface area contributed by atoms with Crippen LogP contribution in [0.2, 0.25) is 0 Å². The summed E-state index contributed by atoms with van der Waals surface area (Å²) in [5, 5.41) is 0. The molecule has 0 aromatic heterocycles. The van der Waals surface area contributed by atoms with Crippen LogP contribution in [0.5, 0.6) is 0 Å². The third-order valence-corrected chi connectivity index (χ3v) is 1.15. The zero-order valence-electron chi connectivity index (χ0n) is 8.69. The monoisotopic (exact) mass is 166 g/mol. The van der Waals surface area contributed by atoms with E-state index in [1.54, 1.807) is 0 Å². The Bertz CT molecular complexity index is 25.9. The predicted octanol–water partition coefficient (Wildman–Crippen LogP) is 3.64. The van der Waals surface area contributed by atoms with Gasteiger partial charge in [0.2, 0.25) is 0 Å². The fourth-order valence-corrected chi connectivity index (χ4v) is 0.577. The third kappa shape index (κ3) is 36.4. The molecule has 0 aliphatic rings. The van der Waals surface area contributed by atoms with Crippen LogP contribution < -0.4 is 0 Å². The minimum absolute atomic E-state index is 0. The number of unbranched alkanes of at least 4 members (excludes halogenated alkanes) is 4. The van der Waals surface area contributed by atoms with Crippen molar-refractivity contribution in [1.29, 1.82) is 0 Å². The average Bonchev–Trinajstić information content (AvgIpc) is 1.93. The molecule has 64 valence electrons. The van der Waals surface area contributed by atoms with E-state index in [0.717, 1.165) is 0 Å². The van der Waals surface area contributed by atoms with Gasteiger partial charge in [-0.25, -0.2) is 0 Å². The molecule has 0 saturated heterocycles. The summed E-state index contributed by atoms with van der Waals surface area (Å²) in [6.07, 6.45) is 9.47. The Morgan fingerprint density at radius 2 is 1.09 bits per heavy atom. The van der Waals surface area contributed by atoms with Crippen molar-refractivity contribution < 1.29 is 0 Å². The minimum Gasteiger partial charge on any atom is -0.332 e. The Kier molecular flexibility index (Phi) is 36.2. The van der Waals surface area contributed by atoms with Crippen LogP contribution in [0.3, 0.4) is 0 Å². The molecular weight excluding hydrogens is 144 g/mol. The van der Waals surface area contributed by atoms with Crippen molar-refractivity contribution in [1.82, 2.24) is 0 Å². The second kappa shape index (κ2) is 22.4. The molecule has 0 N–H and O–H groups in total. The molecule has 0 aromatic rings. The first-order valence-corrected chi connectivity index (χ1v) is 4.39. The maximum absolute atomic E-state index is 2.18. The van der Waals surface area contributed by atoms with E-state index >= 15 is 0 Å². The van der Waals surface area contributed by atoms with Gasteiger partial charge < -0.3 is 12.8 Å². The zero-order valence-corrected chi connectivity index (χ0v) is 10.1. The molecule has 0 fully saturated rings. The third-order valence-electron chi connectivity index (χ3n) is 1.15. The molecule has 0 amide bonds. The Labute approximate surface area is 89.3 Å². The fraction of sp³-hybridized carbons (Fsp3) is 0.800. The van der Waals surface area contributed by atoms with Crippen LogP contribution in [0.25, 0.3) is 0 Å². The molecule has 0 saturated carbocycles. The van der Waals surface area contributed by atoms with Gasteiger partial charge in [-0.2, -0.15) is 26.7 Å². The normalized spacial score (nSPS) is 7.64. The molecule has 0 atom stereocenters. The van der Waals surface area contributed by atoms with Gasteiger partial charge >= 0.3 is 23.1 Å². The quantitative estimate of drug-likeness (QED) is 0.442. The Hall–Kier alpha value is 0.766. The molecular formula is C10H22Mg. The van der Waals surface area contributed by atoms with E-state index in [1.165, 1.54) is 25.7 Å². The van der Waals surface area contributed by atoms with Gasteiger partial charge in [0.15, 0.2) is 0 Å². The van der Waals surface area contributed by atoms with E-state index in [9.17, 15) is 0 Å². The molecule has 0 spiro atoms. The minimum atomic E-state index is 0. The molecule has 0 aliphatic heterocycles. The van der Waals surface area contributed by atoms with Crippen LogP contribution >= 0.6 is 0 Å². The van der Waals surface area contributed by atoms with Crippen molar-refractivity contribution in [2.75, 3.05) is 0 Å². The number of rotatable bonds is 4. The van der Waals surface area contributed by atoms with Crippen LogP contribution in [-0.2, 0) is 0 Å². The van der Waals surface area contributed by atoms with Crippen LogP contribution in [0, 0.1) is 12.8 Å². The van der Waals surface area contributed by atoms with Crippen molar-refractivity contribution in [3.63, 3.8) is 0 Å². The van der Waals surface area contributed by atoms with E-state index in [0.29, 0.717) is 0 Å². The number of hydrogen-bond acceptors (Lipinski definition) is 0. The summed E-state index contributed by atoms with van der Waals surface area (Å²) < 4.78 is 0. The van der Waals surface area contributed by atoms with Crippen molar-refractivity contribution in [3.8, 4) is 0 Å². The molecule has 0 bridgehead atoms. The molecule has 0 aromatic carbocycles. The molecule has 0 rings (SSSR count). The molecule has 0 aliphatic carbocycles. The molecule has 0 radical (unpaired) electrons. The molecule has 0 unspecified atom stereocenters. The van der Waals surface area contributed by atoms with E-state index in [4.69, 9.17) is 0 Å². The van der Waals surface area contributed by atoms with Crippen molar-refractivity contribution >= 4 is 23.1 Å². The second-order valence-electron chi connectivity index (χ2n) is 2.39. The fourth-order valence-electron chi connectivity index (χ4n) is 0.577. The molecule has 0 nitrogen and oxygen atoms in total. The van der Waals surface area contributed by atoms with Crippen LogP contribution in [0.15, 0.2) is 0 Å². The summed E-state index contributed by atoms with van der Waals surface area (Å²) in [4.78, 5) is 0. The topological polar surface area (TPSA) is 0 Å². The van der Waals surface area contributed by atoms with Gasteiger partial charge in [0.1, 0.15) is 0 Å². The Morgan fingerprint density at radius 1 is 0.818 bits per heavy atom. The largest absolute Gasteiger partial charge is 2.00 e. The first kappa shape index (κ1) is 17.7. The summed E-state index contributed by atoms with van der Waals surface area (Å²) in [5.41, 5.74) is 0. The summed E-state index contributed by atoms with van der Waals surface area (Å²) in [6, 6.07) is 0. The van der Waals surface area contributed by atoms with Gasteiger partial charge in [-0.1, -0.05) is 26.7 Å². The smallest absolute Gasteiger partial charge is 0.332 e. The van der Waals surface area contributed by atoms with Crippen molar-refractivity contribution in [3.05, 3.63) is 12.8 Å². The van der Waals surface area contributed by atoms with Gasteiger partial charge in [0, 0.05) is 0 Å². The van der Waals surface area contributed by atoms with Gasteiger partial charge in [-0.3, -0.25) is 0 Å². The maximum Gasteiger partial charge on any atom is 2.00 e. The van der Waals surface area contributed by atoms with Crippen LogP contribution in [0.1, 0.15) is 53.4 Å². The first-order valence-electron chi connectivity index (χ1n) is 4.39. The molecule has 1 heteroatoms. The Morgan fingerprint density at radius 3 is 1.09 bits per heavy atom. The predicted molar refractivity (Wildman–Crippen MR) is 55.5 cm³/mol. The first-order chi connectivity index (χ1) is 4.83. The summed E-state index contributed by atoms with van der Waals surface area (Å²) >= 11 is 0. The van der Waals surface area contributed by atoms with Gasteiger partial charge in [-0.15, -0.1) is 0 Å². The summed E-state index contributed by atoms with van der Waals surface area (Å²) in [6.45, 7) is 8.53. The van der Waals surface area contributed by atoms with E-state index in [1.807, 2.05) is 0 Å². The van der Waals surface area contributed by atoms with E-state index in [2.05, 4.69) is 40.5 Å². The maximum atomic E-state index is 2.18. The standard InChI is InChI=1S/2C5H11.Mg/c2*1-3-5-4-2;/h2*3H,4-5H2,1-2H3;/q2*-1;+2.